The number of hydrogen-bond donors (Lipinski definition) is 1. The van der Waals surface area contributed by atoms with Gasteiger partial charge in [0.05, 0.1) is 7.75 Å². The Labute approximate surface area is 43.4 Å². The summed E-state index contributed by atoms with van der Waals surface area (Å²) in [5.41, 5.74) is 0. The average Bonchev–Trinajstić information content (AvgIpc) is 1.35. The van der Waals surface area contributed by atoms with Crippen LogP contribution >= 0.6 is 0 Å². The molecule has 0 saturated heterocycles. The molecule has 0 aliphatic carbocycles. The lowest BCUT2D eigenvalue weighted by Gasteiger charge is -2.11. The fraction of sp³-hybridized carbons (Fsp3) is 1.00. The van der Waals surface area contributed by atoms with Gasteiger partial charge in [-0.1, -0.05) is 13.1 Å². The molecule has 0 aromatic rings. The third-order valence-corrected chi connectivity index (χ3v) is 3.75. The Morgan fingerprint density at radius 1 is 1.50 bits per heavy atom. The second-order valence-electron chi connectivity index (χ2n) is 2.50. The standard InChI is InChI=1S/C3H13NSi2/c1-4-6(2,3)5/h4H,1-3,5H3. The van der Waals surface area contributed by atoms with Gasteiger partial charge in [0.25, 0.3) is 0 Å². The van der Waals surface area contributed by atoms with Gasteiger partial charge in [-0.05, 0) is 7.05 Å². The second kappa shape index (κ2) is 1.90. The molecule has 0 fully saturated rings. The highest BCUT2D eigenvalue weighted by molar-refractivity contribution is 7.14. The van der Waals surface area contributed by atoms with Crippen LogP contribution in [-0.2, 0) is 0 Å². The molecule has 3 heteroatoms. The van der Waals surface area contributed by atoms with Crippen LogP contribution < -0.4 is 4.98 Å². The van der Waals surface area contributed by atoms with Crippen LogP contribution in [0.3, 0.4) is 0 Å². The van der Waals surface area contributed by atoms with E-state index in [1.54, 1.807) is 0 Å². The SMILES string of the molecule is CN[Si](C)(C)[SiH3]. The van der Waals surface area contributed by atoms with Crippen LogP contribution in [0.25, 0.3) is 0 Å². The number of rotatable bonds is 1. The van der Waals surface area contributed by atoms with E-state index in [1.165, 1.54) is 9.76 Å². The fourth-order valence-electron chi connectivity index (χ4n) is 0. The minimum Gasteiger partial charge on any atom is -0.343 e. The molecular weight excluding hydrogens is 106 g/mol. The molecule has 0 aromatic carbocycles. The predicted octanol–water partition coefficient (Wildman–Crippen LogP) is -0.727. The summed E-state index contributed by atoms with van der Waals surface area (Å²) >= 11 is 0. The molecule has 0 atom stereocenters. The predicted molar refractivity (Wildman–Crippen MR) is 36.5 cm³/mol. The minimum absolute atomic E-state index is 0.742. The van der Waals surface area contributed by atoms with Gasteiger partial charge in [0, 0.05) is 9.76 Å². The van der Waals surface area contributed by atoms with Crippen molar-refractivity contribution in [1.29, 1.82) is 0 Å². The van der Waals surface area contributed by atoms with Gasteiger partial charge in [-0.3, -0.25) is 0 Å². The highest BCUT2D eigenvalue weighted by Gasteiger charge is 2.06. The zero-order chi connectivity index (χ0) is 5.21. The number of nitrogens with one attached hydrogen (secondary N) is 1. The smallest absolute Gasteiger partial charge is 0.0973 e. The third-order valence-electron chi connectivity index (χ3n) is 0.750. The van der Waals surface area contributed by atoms with E-state index in [-0.39, 0.29) is 0 Å². The van der Waals surface area contributed by atoms with Crippen LogP contribution in [0.1, 0.15) is 0 Å². The van der Waals surface area contributed by atoms with E-state index in [0.29, 0.717) is 0 Å². The molecule has 0 saturated carbocycles. The van der Waals surface area contributed by atoms with Crippen molar-refractivity contribution in [3.8, 4) is 0 Å². The first-order valence-corrected chi connectivity index (χ1v) is 8.75. The van der Waals surface area contributed by atoms with E-state index < -0.39 is 7.75 Å². The zero-order valence-corrected chi connectivity index (χ0v) is 8.00. The van der Waals surface area contributed by atoms with Crippen molar-refractivity contribution in [1.82, 2.24) is 4.98 Å². The fourth-order valence-corrected chi connectivity index (χ4v) is 0. The van der Waals surface area contributed by atoms with Gasteiger partial charge in [-0.25, -0.2) is 0 Å². The van der Waals surface area contributed by atoms with Gasteiger partial charge in [0.1, 0.15) is 0 Å². The van der Waals surface area contributed by atoms with Gasteiger partial charge in [0.2, 0.25) is 0 Å². The van der Waals surface area contributed by atoms with Crippen LogP contribution in [0.4, 0.5) is 0 Å². The van der Waals surface area contributed by atoms with E-state index in [0.717, 1.165) is 0 Å². The highest BCUT2D eigenvalue weighted by Crippen LogP contribution is 1.82. The lowest BCUT2D eigenvalue weighted by Crippen LogP contribution is -2.42. The van der Waals surface area contributed by atoms with E-state index in [4.69, 9.17) is 0 Å². The molecule has 1 N–H and O–H groups in total. The normalized spacial score (nSPS) is 12.5. The van der Waals surface area contributed by atoms with E-state index in [1.807, 2.05) is 0 Å². The summed E-state index contributed by atoms with van der Waals surface area (Å²) in [5.74, 6) is 0. The van der Waals surface area contributed by atoms with Crippen LogP contribution in [0.5, 0.6) is 0 Å². The van der Waals surface area contributed by atoms with Gasteiger partial charge in [-0.15, -0.1) is 0 Å². The van der Waals surface area contributed by atoms with Crippen molar-refractivity contribution in [2.24, 2.45) is 0 Å². The van der Waals surface area contributed by atoms with Crippen molar-refractivity contribution in [3.63, 3.8) is 0 Å². The maximum atomic E-state index is 3.30. The monoisotopic (exact) mass is 119 g/mol. The molecule has 0 bridgehead atoms. The Kier molecular flexibility index (Phi) is 2.03. The molecule has 1 nitrogen and oxygen atoms in total. The molecule has 0 amide bonds. The van der Waals surface area contributed by atoms with E-state index in [2.05, 4.69) is 25.1 Å². The van der Waals surface area contributed by atoms with E-state index in [9.17, 15) is 0 Å². The van der Waals surface area contributed by atoms with Crippen LogP contribution in [0, 0.1) is 0 Å². The molecule has 38 valence electrons. The molecular formula is C3H13NSi2. The molecule has 0 unspecified atom stereocenters. The summed E-state index contributed by atoms with van der Waals surface area (Å²) in [6.45, 7) is 4.67. The van der Waals surface area contributed by atoms with Crippen molar-refractivity contribution in [2.75, 3.05) is 7.05 Å². The Hall–Kier alpha value is 0.394. The van der Waals surface area contributed by atoms with Gasteiger partial charge < -0.3 is 4.98 Å². The lowest BCUT2D eigenvalue weighted by atomic mass is 11.6. The van der Waals surface area contributed by atoms with Gasteiger partial charge in [-0.2, -0.15) is 0 Å². The first kappa shape index (κ1) is 6.39. The molecule has 0 aliphatic rings. The average molecular weight is 119 g/mol. The number of hydrogen-bond acceptors (Lipinski definition) is 1. The van der Waals surface area contributed by atoms with Gasteiger partial charge in [0.15, 0.2) is 0 Å². The minimum atomic E-state index is -0.742. The molecule has 0 rings (SSSR count). The molecule has 6 heavy (non-hydrogen) atoms. The van der Waals surface area contributed by atoms with E-state index >= 15 is 0 Å². The summed E-state index contributed by atoms with van der Waals surface area (Å²) in [6.07, 6.45) is 0. The van der Waals surface area contributed by atoms with Crippen LogP contribution in [0.15, 0.2) is 0 Å². The quantitative estimate of drug-likeness (QED) is 0.449. The second-order valence-corrected chi connectivity index (χ2v) is 15.0. The summed E-state index contributed by atoms with van der Waals surface area (Å²) in [7, 11) is 2.67. The molecule has 0 aromatic heterocycles. The Morgan fingerprint density at radius 3 is 1.67 bits per heavy atom. The first-order valence-electron chi connectivity index (χ1n) is 2.25. The molecule has 0 radical (unpaired) electrons. The summed E-state index contributed by atoms with van der Waals surface area (Å²) in [5, 5.41) is 0. The van der Waals surface area contributed by atoms with Crippen molar-refractivity contribution in [2.45, 2.75) is 13.1 Å². The molecule has 0 aliphatic heterocycles. The lowest BCUT2D eigenvalue weighted by molar-refractivity contribution is 1.20. The zero-order valence-electron chi connectivity index (χ0n) is 5.00. The third kappa shape index (κ3) is 4.39. The summed E-state index contributed by atoms with van der Waals surface area (Å²) in [4.78, 5) is 3.30. The molecule has 0 heterocycles. The van der Waals surface area contributed by atoms with Gasteiger partial charge >= 0.3 is 0 Å². The summed E-state index contributed by atoms with van der Waals surface area (Å²) < 4.78 is 0. The first-order chi connectivity index (χ1) is 2.56. The van der Waals surface area contributed by atoms with Crippen LogP contribution in [0.2, 0.25) is 13.1 Å². The van der Waals surface area contributed by atoms with Crippen LogP contribution in [-0.4, -0.2) is 24.6 Å². The van der Waals surface area contributed by atoms with Crippen molar-refractivity contribution >= 4 is 17.5 Å². The highest BCUT2D eigenvalue weighted by atomic mass is 29.2. The van der Waals surface area contributed by atoms with Crippen molar-refractivity contribution in [3.05, 3.63) is 0 Å². The maximum Gasteiger partial charge on any atom is 0.0973 e. The summed E-state index contributed by atoms with van der Waals surface area (Å²) in [6, 6.07) is 0. The Bertz CT molecular complexity index is 38.5. The Morgan fingerprint density at radius 2 is 1.67 bits per heavy atom. The Balaban J connectivity index is 3.17. The molecule has 0 spiro atoms. The maximum absolute atomic E-state index is 3.30. The topological polar surface area (TPSA) is 12.0 Å². The van der Waals surface area contributed by atoms with Crippen molar-refractivity contribution < 1.29 is 0 Å². The largest absolute Gasteiger partial charge is 0.343 e.